The Morgan fingerprint density at radius 1 is 1.11 bits per heavy atom. The van der Waals surface area contributed by atoms with E-state index in [1.54, 1.807) is 11.8 Å². The summed E-state index contributed by atoms with van der Waals surface area (Å²) in [4.78, 5) is 51.2. The standard InChI is InChI=1S/C25H25F3N6O4/c1-14(33-6-7-34(25(2,3)13-33)24(37)15-4-5-20(35)30-10-15)23(36)32-19-11-31-21(12-29-19)38-22-17(27)8-16(26)9-18(22)28/h4-5,8-12,14H,6-7,13H2,1-3H3,(H,30,35)(H,29,32,36)/t14-/m0/s1. The highest BCUT2D eigenvalue weighted by Crippen LogP contribution is 2.28. The van der Waals surface area contributed by atoms with E-state index in [2.05, 4.69) is 20.3 Å². The van der Waals surface area contributed by atoms with E-state index in [0.717, 1.165) is 12.4 Å². The fraction of sp³-hybridized carbons (Fsp3) is 0.320. The summed E-state index contributed by atoms with van der Waals surface area (Å²) in [7, 11) is 0. The van der Waals surface area contributed by atoms with Gasteiger partial charge in [-0.05, 0) is 26.8 Å². The Morgan fingerprint density at radius 2 is 1.82 bits per heavy atom. The van der Waals surface area contributed by atoms with Gasteiger partial charge < -0.3 is 19.9 Å². The molecule has 1 aliphatic rings. The Bertz CT molecular complexity index is 1370. The molecule has 3 heterocycles. The van der Waals surface area contributed by atoms with E-state index in [4.69, 9.17) is 4.74 Å². The molecule has 1 atom stereocenters. The normalized spacial score (nSPS) is 16.1. The molecule has 200 valence electrons. The first-order chi connectivity index (χ1) is 17.9. The lowest BCUT2D eigenvalue weighted by Crippen LogP contribution is -2.63. The van der Waals surface area contributed by atoms with Crippen LogP contribution in [0.4, 0.5) is 19.0 Å². The van der Waals surface area contributed by atoms with Crippen LogP contribution in [-0.4, -0.2) is 67.8 Å². The molecule has 0 radical (unpaired) electrons. The smallest absolute Gasteiger partial charge is 0.255 e. The summed E-state index contributed by atoms with van der Waals surface area (Å²) in [5, 5.41) is 2.63. The van der Waals surface area contributed by atoms with Crippen LogP contribution in [0.1, 0.15) is 31.1 Å². The monoisotopic (exact) mass is 530 g/mol. The van der Waals surface area contributed by atoms with E-state index in [1.807, 2.05) is 18.7 Å². The first-order valence-corrected chi connectivity index (χ1v) is 11.6. The number of nitrogens with zero attached hydrogens (tertiary/aromatic N) is 4. The third kappa shape index (κ3) is 5.83. The summed E-state index contributed by atoms with van der Waals surface area (Å²) in [6.07, 6.45) is 3.60. The summed E-state index contributed by atoms with van der Waals surface area (Å²) in [6, 6.07) is 3.14. The quantitative estimate of drug-likeness (QED) is 0.503. The molecule has 3 aromatic rings. The fourth-order valence-electron chi connectivity index (χ4n) is 4.16. The Hall–Kier alpha value is -4.26. The number of pyridine rings is 1. The van der Waals surface area contributed by atoms with Gasteiger partial charge in [0.2, 0.25) is 23.1 Å². The number of rotatable bonds is 6. The largest absolute Gasteiger partial charge is 0.431 e. The van der Waals surface area contributed by atoms with Gasteiger partial charge in [-0.25, -0.2) is 23.1 Å². The third-order valence-corrected chi connectivity index (χ3v) is 6.18. The number of H-pyrrole nitrogens is 1. The summed E-state index contributed by atoms with van der Waals surface area (Å²) >= 11 is 0. The maximum atomic E-state index is 13.8. The lowest BCUT2D eigenvalue weighted by atomic mass is 9.96. The molecular weight excluding hydrogens is 505 g/mol. The van der Waals surface area contributed by atoms with Crippen molar-refractivity contribution in [2.24, 2.45) is 0 Å². The van der Waals surface area contributed by atoms with Crippen molar-refractivity contribution in [3.8, 4) is 11.6 Å². The van der Waals surface area contributed by atoms with Gasteiger partial charge >= 0.3 is 0 Å². The van der Waals surface area contributed by atoms with Crippen LogP contribution >= 0.6 is 0 Å². The first kappa shape index (κ1) is 26.8. The number of nitrogens with one attached hydrogen (secondary N) is 2. The number of piperazine rings is 1. The minimum atomic E-state index is -1.24. The van der Waals surface area contributed by atoms with E-state index in [1.165, 1.54) is 18.3 Å². The number of aromatic nitrogens is 3. The average molecular weight is 531 g/mol. The summed E-state index contributed by atoms with van der Waals surface area (Å²) in [5.41, 5.74) is -0.537. The zero-order chi connectivity index (χ0) is 27.6. The highest BCUT2D eigenvalue weighted by atomic mass is 19.1. The van der Waals surface area contributed by atoms with Gasteiger partial charge in [0.15, 0.2) is 17.5 Å². The number of aromatic amines is 1. The first-order valence-electron chi connectivity index (χ1n) is 11.6. The molecular formula is C25H25F3N6O4. The van der Waals surface area contributed by atoms with E-state index in [9.17, 15) is 27.6 Å². The Kier molecular flexibility index (Phi) is 7.49. The molecule has 1 aliphatic heterocycles. The van der Waals surface area contributed by atoms with Crippen molar-refractivity contribution in [3.05, 3.63) is 76.2 Å². The predicted molar refractivity (Wildman–Crippen MR) is 130 cm³/mol. The molecule has 13 heteroatoms. The van der Waals surface area contributed by atoms with E-state index < -0.39 is 34.8 Å². The second-order valence-corrected chi connectivity index (χ2v) is 9.39. The van der Waals surface area contributed by atoms with Crippen molar-refractivity contribution in [1.29, 1.82) is 0 Å². The topological polar surface area (TPSA) is 121 Å². The lowest BCUT2D eigenvalue weighted by Gasteiger charge is -2.48. The van der Waals surface area contributed by atoms with Crippen LogP contribution < -0.4 is 15.6 Å². The molecule has 10 nitrogen and oxygen atoms in total. The number of hydrogen-bond donors (Lipinski definition) is 2. The molecule has 1 fully saturated rings. The molecule has 4 rings (SSSR count). The second kappa shape index (κ2) is 10.6. The Labute approximate surface area is 215 Å². The number of amides is 2. The number of ether oxygens (including phenoxy) is 1. The van der Waals surface area contributed by atoms with Gasteiger partial charge in [-0.3, -0.25) is 19.3 Å². The number of halogens is 3. The van der Waals surface area contributed by atoms with Crippen LogP contribution in [-0.2, 0) is 4.79 Å². The van der Waals surface area contributed by atoms with Gasteiger partial charge in [-0.15, -0.1) is 0 Å². The predicted octanol–water partition coefficient (Wildman–Crippen LogP) is 2.94. The molecule has 2 aromatic heterocycles. The third-order valence-electron chi connectivity index (χ3n) is 6.18. The van der Waals surface area contributed by atoms with Gasteiger partial charge in [-0.2, -0.15) is 0 Å². The molecule has 1 aromatic carbocycles. The molecule has 38 heavy (non-hydrogen) atoms. The van der Waals surface area contributed by atoms with Gasteiger partial charge in [-0.1, -0.05) is 0 Å². The molecule has 0 spiro atoms. The minimum absolute atomic E-state index is 0.0837. The molecule has 0 bridgehead atoms. The Morgan fingerprint density at radius 3 is 2.39 bits per heavy atom. The van der Waals surface area contributed by atoms with Gasteiger partial charge in [0, 0.05) is 44.0 Å². The van der Waals surface area contributed by atoms with Crippen LogP contribution in [0.2, 0.25) is 0 Å². The van der Waals surface area contributed by atoms with Crippen LogP contribution in [0.3, 0.4) is 0 Å². The average Bonchev–Trinajstić information content (AvgIpc) is 2.86. The number of carbonyl (C=O) groups is 2. The second-order valence-electron chi connectivity index (χ2n) is 9.39. The number of hydrogen-bond acceptors (Lipinski definition) is 7. The van der Waals surface area contributed by atoms with Gasteiger partial charge in [0.05, 0.1) is 29.5 Å². The maximum absolute atomic E-state index is 13.8. The number of anilines is 1. The van der Waals surface area contributed by atoms with Crippen LogP contribution in [0, 0.1) is 17.5 Å². The minimum Gasteiger partial charge on any atom is -0.431 e. The van der Waals surface area contributed by atoms with Crippen molar-refractivity contribution < 1.29 is 27.5 Å². The molecule has 0 aliphatic carbocycles. The molecule has 2 N–H and O–H groups in total. The van der Waals surface area contributed by atoms with Gasteiger partial charge in [0.25, 0.3) is 5.91 Å². The zero-order valence-corrected chi connectivity index (χ0v) is 20.8. The molecule has 0 saturated carbocycles. The molecule has 2 amide bonds. The van der Waals surface area contributed by atoms with Gasteiger partial charge in [0.1, 0.15) is 5.82 Å². The summed E-state index contributed by atoms with van der Waals surface area (Å²) in [6.45, 7) is 6.71. The van der Waals surface area contributed by atoms with E-state index in [-0.39, 0.29) is 29.1 Å². The van der Waals surface area contributed by atoms with Crippen molar-refractivity contribution in [3.63, 3.8) is 0 Å². The van der Waals surface area contributed by atoms with Crippen LogP contribution in [0.15, 0.2) is 47.7 Å². The van der Waals surface area contributed by atoms with E-state index in [0.29, 0.717) is 37.3 Å². The van der Waals surface area contributed by atoms with Crippen molar-refractivity contribution in [2.45, 2.75) is 32.4 Å². The fourth-order valence-corrected chi connectivity index (χ4v) is 4.16. The van der Waals surface area contributed by atoms with Crippen molar-refractivity contribution >= 4 is 17.6 Å². The summed E-state index contributed by atoms with van der Waals surface area (Å²) in [5.74, 6) is -5.16. The van der Waals surface area contributed by atoms with Crippen LogP contribution in [0.5, 0.6) is 11.6 Å². The van der Waals surface area contributed by atoms with Crippen molar-refractivity contribution in [1.82, 2.24) is 24.8 Å². The molecule has 0 unspecified atom stereocenters. The van der Waals surface area contributed by atoms with E-state index >= 15 is 0 Å². The summed E-state index contributed by atoms with van der Waals surface area (Å²) < 4.78 is 45.7. The Balaban J connectivity index is 1.36. The SMILES string of the molecule is C[C@@H](C(=O)Nc1cnc(Oc2c(F)cc(F)cc2F)cn1)N1CCN(C(=O)c2ccc(=O)[nH]c2)C(C)(C)C1. The maximum Gasteiger partial charge on any atom is 0.255 e. The number of benzene rings is 1. The highest BCUT2D eigenvalue weighted by Gasteiger charge is 2.39. The number of carbonyl (C=O) groups excluding carboxylic acids is 2. The van der Waals surface area contributed by atoms with Crippen molar-refractivity contribution in [2.75, 3.05) is 25.0 Å². The lowest BCUT2D eigenvalue weighted by molar-refractivity contribution is -0.122. The highest BCUT2D eigenvalue weighted by molar-refractivity contribution is 5.95. The zero-order valence-electron chi connectivity index (χ0n) is 20.8. The molecule has 1 saturated heterocycles. The van der Waals surface area contributed by atoms with Crippen LogP contribution in [0.25, 0.3) is 0 Å².